The number of morpholine rings is 1. The summed E-state index contributed by atoms with van der Waals surface area (Å²) in [6.45, 7) is 9.79. The number of piperidine rings is 1. The van der Waals surface area contributed by atoms with E-state index < -0.39 is 0 Å². The zero-order valence-corrected chi connectivity index (χ0v) is 19.2. The van der Waals surface area contributed by atoms with Crippen LogP contribution < -0.4 is 9.47 Å². The second-order valence-corrected chi connectivity index (χ2v) is 9.61. The van der Waals surface area contributed by atoms with Crippen LogP contribution in [0.2, 0.25) is 0 Å². The first-order valence-electron chi connectivity index (χ1n) is 12.5. The predicted molar refractivity (Wildman–Crippen MR) is 122 cm³/mol. The molecule has 1 unspecified atom stereocenters. The van der Waals surface area contributed by atoms with Crippen molar-refractivity contribution in [2.45, 2.75) is 38.1 Å². The van der Waals surface area contributed by atoms with E-state index in [-0.39, 0.29) is 11.9 Å². The summed E-state index contributed by atoms with van der Waals surface area (Å²) in [5.74, 6) is 2.69. The molecule has 1 amide bonds. The first-order valence-corrected chi connectivity index (χ1v) is 12.5. The van der Waals surface area contributed by atoms with Crippen molar-refractivity contribution in [3.8, 4) is 11.5 Å². The topological polar surface area (TPSA) is 54.5 Å². The van der Waals surface area contributed by atoms with Crippen LogP contribution in [0.1, 0.15) is 43.7 Å². The van der Waals surface area contributed by atoms with E-state index in [1.807, 2.05) is 6.07 Å². The van der Waals surface area contributed by atoms with E-state index in [2.05, 4.69) is 26.8 Å². The average molecular weight is 444 g/mol. The normalized spacial score (nSPS) is 25.2. The summed E-state index contributed by atoms with van der Waals surface area (Å²) in [5, 5.41) is 0. The van der Waals surface area contributed by atoms with E-state index >= 15 is 0 Å². The van der Waals surface area contributed by atoms with Crippen LogP contribution in [0.5, 0.6) is 11.5 Å². The Morgan fingerprint density at radius 2 is 1.66 bits per heavy atom. The first kappa shape index (κ1) is 22.0. The molecule has 4 aliphatic heterocycles. The molecule has 0 N–H and O–H groups in total. The van der Waals surface area contributed by atoms with Gasteiger partial charge in [-0.2, -0.15) is 0 Å². The third-order valence-corrected chi connectivity index (χ3v) is 7.55. The minimum Gasteiger partial charge on any atom is -0.486 e. The van der Waals surface area contributed by atoms with Crippen molar-refractivity contribution in [2.75, 3.05) is 72.2 Å². The Labute approximate surface area is 191 Å². The van der Waals surface area contributed by atoms with Gasteiger partial charge in [-0.05, 0) is 75.4 Å². The summed E-state index contributed by atoms with van der Waals surface area (Å²) >= 11 is 0. The van der Waals surface area contributed by atoms with Crippen LogP contribution in [-0.2, 0) is 9.53 Å². The molecule has 1 aromatic rings. The maximum absolute atomic E-state index is 13.2. The van der Waals surface area contributed by atoms with E-state index in [9.17, 15) is 4.79 Å². The third-order valence-electron chi connectivity index (χ3n) is 7.55. The fraction of sp³-hybridized carbons (Fsp3) is 0.720. The van der Waals surface area contributed by atoms with Crippen LogP contribution in [0, 0.1) is 5.92 Å². The molecular weight excluding hydrogens is 406 g/mol. The van der Waals surface area contributed by atoms with E-state index in [0.29, 0.717) is 19.8 Å². The molecule has 176 valence electrons. The van der Waals surface area contributed by atoms with Gasteiger partial charge in [0.2, 0.25) is 5.91 Å². The average Bonchev–Trinajstić information content (AvgIpc) is 3.34. The molecule has 3 fully saturated rings. The Bertz CT molecular complexity index is 774. The van der Waals surface area contributed by atoms with Crippen molar-refractivity contribution >= 4 is 5.91 Å². The molecule has 7 heteroatoms. The molecule has 5 rings (SSSR count). The summed E-state index contributed by atoms with van der Waals surface area (Å²) in [5.41, 5.74) is 1.17. The standard InChI is InChI=1S/C25H37N3O4/c29-25(19-27-10-6-20(7-11-27)5-9-26-12-14-30-15-13-26)28-8-1-2-22(28)21-3-4-23-24(18-21)32-17-16-31-23/h3-4,18,20,22H,1-2,5-17,19H2. The van der Waals surface area contributed by atoms with Gasteiger partial charge in [-0.3, -0.25) is 14.6 Å². The van der Waals surface area contributed by atoms with Gasteiger partial charge in [-0.15, -0.1) is 0 Å². The van der Waals surface area contributed by atoms with Gasteiger partial charge in [0.25, 0.3) is 0 Å². The van der Waals surface area contributed by atoms with E-state index in [0.717, 1.165) is 76.2 Å². The van der Waals surface area contributed by atoms with Gasteiger partial charge in [0.15, 0.2) is 11.5 Å². The summed E-state index contributed by atoms with van der Waals surface area (Å²) in [4.78, 5) is 20.2. The molecular formula is C25H37N3O4. The van der Waals surface area contributed by atoms with Crippen molar-refractivity contribution in [3.05, 3.63) is 23.8 Å². The van der Waals surface area contributed by atoms with Crippen LogP contribution in [-0.4, -0.2) is 92.8 Å². The summed E-state index contributed by atoms with van der Waals surface area (Å²) in [6.07, 6.45) is 5.79. The zero-order valence-electron chi connectivity index (χ0n) is 19.2. The molecule has 4 heterocycles. The summed E-state index contributed by atoms with van der Waals surface area (Å²) < 4.78 is 16.9. The van der Waals surface area contributed by atoms with Crippen molar-refractivity contribution in [2.24, 2.45) is 5.92 Å². The Balaban J connectivity index is 1.10. The molecule has 0 aliphatic carbocycles. The van der Waals surface area contributed by atoms with Crippen molar-refractivity contribution in [1.82, 2.24) is 14.7 Å². The first-order chi connectivity index (χ1) is 15.8. The van der Waals surface area contributed by atoms with Crippen molar-refractivity contribution < 1.29 is 19.0 Å². The molecule has 0 saturated carbocycles. The van der Waals surface area contributed by atoms with Gasteiger partial charge >= 0.3 is 0 Å². The molecule has 0 bridgehead atoms. The lowest BCUT2D eigenvalue weighted by Crippen LogP contribution is -2.43. The van der Waals surface area contributed by atoms with Crippen LogP contribution in [0.15, 0.2) is 18.2 Å². The third kappa shape index (κ3) is 5.21. The fourth-order valence-electron chi connectivity index (χ4n) is 5.58. The number of carbonyl (C=O) groups is 1. The van der Waals surface area contributed by atoms with Gasteiger partial charge < -0.3 is 19.1 Å². The maximum Gasteiger partial charge on any atom is 0.237 e. The van der Waals surface area contributed by atoms with Gasteiger partial charge in [0.1, 0.15) is 13.2 Å². The monoisotopic (exact) mass is 443 g/mol. The number of hydrogen-bond acceptors (Lipinski definition) is 6. The minimum atomic E-state index is 0.157. The van der Waals surface area contributed by atoms with Gasteiger partial charge in [0.05, 0.1) is 25.8 Å². The molecule has 0 aromatic heterocycles. The lowest BCUT2D eigenvalue weighted by molar-refractivity contribution is -0.133. The van der Waals surface area contributed by atoms with Gasteiger partial charge in [-0.25, -0.2) is 0 Å². The largest absolute Gasteiger partial charge is 0.486 e. The molecule has 0 spiro atoms. The second-order valence-electron chi connectivity index (χ2n) is 9.61. The molecule has 7 nitrogen and oxygen atoms in total. The Morgan fingerprint density at radius 1 is 0.875 bits per heavy atom. The molecule has 32 heavy (non-hydrogen) atoms. The van der Waals surface area contributed by atoms with Crippen LogP contribution in [0.4, 0.5) is 0 Å². The van der Waals surface area contributed by atoms with Crippen molar-refractivity contribution in [1.29, 1.82) is 0 Å². The molecule has 1 aromatic carbocycles. The number of ether oxygens (including phenoxy) is 3. The van der Waals surface area contributed by atoms with Crippen LogP contribution in [0.3, 0.4) is 0 Å². The number of fused-ring (bicyclic) bond motifs is 1. The number of rotatable bonds is 6. The number of hydrogen-bond donors (Lipinski definition) is 0. The van der Waals surface area contributed by atoms with Gasteiger partial charge in [-0.1, -0.05) is 6.07 Å². The number of nitrogens with zero attached hydrogens (tertiary/aromatic N) is 3. The molecule has 0 radical (unpaired) electrons. The number of carbonyl (C=O) groups excluding carboxylic acids is 1. The highest BCUT2D eigenvalue weighted by molar-refractivity contribution is 5.79. The second kappa shape index (κ2) is 10.4. The highest BCUT2D eigenvalue weighted by atomic mass is 16.6. The zero-order chi connectivity index (χ0) is 21.8. The SMILES string of the molecule is O=C(CN1CCC(CCN2CCOCC2)CC1)N1CCCC1c1ccc2c(c1)OCCO2. The van der Waals surface area contributed by atoms with Crippen LogP contribution >= 0.6 is 0 Å². The van der Waals surface area contributed by atoms with Crippen LogP contribution in [0.25, 0.3) is 0 Å². The quantitative estimate of drug-likeness (QED) is 0.674. The highest BCUT2D eigenvalue weighted by Gasteiger charge is 2.32. The summed E-state index contributed by atoms with van der Waals surface area (Å²) in [6, 6.07) is 6.32. The molecule has 1 atom stereocenters. The summed E-state index contributed by atoms with van der Waals surface area (Å²) in [7, 11) is 0. The smallest absolute Gasteiger partial charge is 0.237 e. The predicted octanol–water partition coefficient (Wildman–Crippen LogP) is 2.56. The lowest BCUT2D eigenvalue weighted by atomic mass is 9.93. The Morgan fingerprint density at radius 3 is 2.47 bits per heavy atom. The van der Waals surface area contributed by atoms with E-state index in [1.54, 1.807) is 0 Å². The molecule has 3 saturated heterocycles. The van der Waals surface area contributed by atoms with E-state index in [1.165, 1.54) is 31.4 Å². The van der Waals surface area contributed by atoms with Gasteiger partial charge in [0, 0.05) is 19.6 Å². The fourth-order valence-corrected chi connectivity index (χ4v) is 5.58. The Hall–Kier alpha value is -1.83. The van der Waals surface area contributed by atoms with Crippen molar-refractivity contribution in [3.63, 3.8) is 0 Å². The lowest BCUT2D eigenvalue weighted by Gasteiger charge is -2.35. The number of amides is 1. The number of benzene rings is 1. The molecule has 4 aliphatic rings. The Kier molecular flexibility index (Phi) is 7.15. The highest BCUT2D eigenvalue weighted by Crippen LogP contribution is 2.38. The maximum atomic E-state index is 13.2. The van der Waals surface area contributed by atoms with E-state index in [4.69, 9.17) is 14.2 Å². The number of likely N-dealkylation sites (tertiary alicyclic amines) is 2. The minimum absolute atomic E-state index is 0.157.